The topological polar surface area (TPSA) is 32.5 Å². The van der Waals surface area contributed by atoms with E-state index in [0.717, 1.165) is 6.04 Å². The van der Waals surface area contributed by atoms with Crippen molar-refractivity contribution in [3.63, 3.8) is 0 Å². The molecule has 0 bridgehead atoms. The van der Waals surface area contributed by atoms with Gasteiger partial charge in [0.15, 0.2) is 0 Å². The maximum atomic E-state index is 6.33. The van der Waals surface area contributed by atoms with Crippen molar-refractivity contribution in [1.82, 2.24) is 9.80 Å². The van der Waals surface area contributed by atoms with E-state index in [4.69, 9.17) is 5.73 Å². The molecule has 20 heavy (non-hydrogen) atoms. The van der Waals surface area contributed by atoms with Crippen LogP contribution in [0.1, 0.15) is 37.1 Å². The zero-order valence-corrected chi connectivity index (χ0v) is 14.5. The fourth-order valence-corrected chi connectivity index (χ4v) is 5.42. The molecule has 5 heteroatoms. The van der Waals surface area contributed by atoms with Gasteiger partial charge in [-0.2, -0.15) is 0 Å². The molecule has 0 aromatic carbocycles. The first-order chi connectivity index (χ1) is 9.65. The second-order valence-corrected chi connectivity index (χ2v) is 8.62. The zero-order valence-electron chi connectivity index (χ0n) is 12.1. The van der Waals surface area contributed by atoms with E-state index in [1.807, 2.05) is 11.3 Å². The van der Waals surface area contributed by atoms with Crippen molar-refractivity contribution < 1.29 is 0 Å². The summed E-state index contributed by atoms with van der Waals surface area (Å²) in [5, 5.41) is 0. The van der Waals surface area contributed by atoms with Gasteiger partial charge in [-0.05, 0) is 67.3 Å². The molecule has 0 aliphatic carbocycles. The monoisotopic (exact) mass is 357 g/mol. The second kappa shape index (κ2) is 6.44. The minimum absolute atomic E-state index is 0.175. The smallest absolute Gasteiger partial charge is 0.0702 e. The molecular formula is C15H24BrN3S. The van der Waals surface area contributed by atoms with Crippen LogP contribution in [0.4, 0.5) is 0 Å². The Morgan fingerprint density at radius 1 is 1.30 bits per heavy atom. The Morgan fingerprint density at radius 2 is 2.10 bits per heavy atom. The van der Waals surface area contributed by atoms with E-state index in [9.17, 15) is 0 Å². The number of hydrogen-bond donors (Lipinski definition) is 1. The van der Waals surface area contributed by atoms with Crippen LogP contribution in [-0.4, -0.2) is 48.1 Å². The molecule has 0 spiro atoms. The Morgan fingerprint density at radius 3 is 2.80 bits per heavy atom. The van der Waals surface area contributed by atoms with Gasteiger partial charge in [-0.25, -0.2) is 0 Å². The van der Waals surface area contributed by atoms with E-state index in [1.165, 1.54) is 54.1 Å². The number of nitrogens with two attached hydrogens (primary N) is 1. The summed E-state index contributed by atoms with van der Waals surface area (Å²) < 4.78 is 1.20. The highest BCUT2D eigenvalue weighted by molar-refractivity contribution is 9.11. The molecule has 3 atom stereocenters. The Balaban J connectivity index is 1.80. The van der Waals surface area contributed by atoms with Crippen molar-refractivity contribution in [3.8, 4) is 0 Å². The van der Waals surface area contributed by atoms with Crippen LogP contribution >= 0.6 is 27.3 Å². The van der Waals surface area contributed by atoms with Gasteiger partial charge in [-0.1, -0.05) is 0 Å². The predicted octanol–water partition coefficient (Wildman–Crippen LogP) is 3.07. The van der Waals surface area contributed by atoms with Crippen LogP contribution in [0.5, 0.6) is 0 Å². The minimum atomic E-state index is 0.175. The number of fused-ring (bicyclic) bond motifs is 1. The molecule has 2 aliphatic heterocycles. The average Bonchev–Trinajstić information content (AvgIpc) is 2.95. The van der Waals surface area contributed by atoms with Gasteiger partial charge in [0.1, 0.15) is 0 Å². The van der Waals surface area contributed by atoms with Gasteiger partial charge in [0.05, 0.1) is 9.83 Å². The molecule has 3 heterocycles. The lowest BCUT2D eigenvalue weighted by molar-refractivity contribution is 0.159. The van der Waals surface area contributed by atoms with E-state index in [2.05, 4.69) is 44.8 Å². The summed E-state index contributed by atoms with van der Waals surface area (Å²) in [5.41, 5.74) is 6.33. The van der Waals surface area contributed by atoms with Crippen LogP contribution in [0.25, 0.3) is 0 Å². The van der Waals surface area contributed by atoms with Gasteiger partial charge in [-0.3, -0.25) is 9.80 Å². The van der Waals surface area contributed by atoms with Crippen LogP contribution < -0.4 is 5.73 Å². The number of nitrogens with zero attached hydrogens (tertiary/aromatic N) is 2. The van der Waals surface area contributed by atoms with E-state index >= 15 is 0 Å². The second-order valence-electron chi connectivity index (χ2n) is 6.13. The summed E-state index contributed by atoms with van der Waals surface area (Å²) in [5.74, 6) is 0. The summed E-state index contributed by atoms with van der Waals surface area (Å²) >= 11 is 5.42. The predicted molar refractivity (Wildman–Crippen MR) is 89.2 cm³/mol. The largest absolute Gasteiger partial charge is 0.326 e. The lowest BCUT2D eigenvalue weighted by atomic mass is 10.1. The summed E-state index contributed by atoms with van der Waals surface area (Å²) in [7, 11) is 0. The van der Waals surface area contributed by atoms with E-state index in [0.29, 0.717) is 6.04 Å². The quantitative estimate of drug-likeness (QED) is 0.901. The zero-order chi connectivity index (χ0) is 14.1. The van der Waals surface area contributed by atoms with Crippen molar-refractivity contribution in [2.45, 2.75) is 44.3 Å². The van der Waals surface area contributed by atoms with Crippen LogP contribution in [-0.2, 0) is 0 Å². The Labute approximate surface area is 134 Å². The lowest BCUT2D eigenvalue weighted by Gasteiger charge is -2.34. The van der Waals surface area contributed by atoms with Crippen molar-refractivity contribution in [2.75, 3.05) is 26.2 Å². The Hall–Kier alpha value is 0.0600. The third-order valence-corrected chi connectivity index (χ3v) is 6.31. The normalized spacial score (nSPS) is 28.1. The highest BCUT2D eigenvalue weighted by Crippen LogP contribution is 2.34. The highest BCUT2D eigenvalue weighted by Gasteiger charge is 2.33. The molecule has 0 radical (unpaired) electrons. The van der Waals surface area contributed by atoms with Gasteiger partial charge >= 0.3 is 0 Å². The maximum Gasteiger partial charge on any atom is 0.0702 e. The van der Waals surface area contributed by atoms with Gasteiger partial charge in [-0.15, -0.1) is 11.3 Å². The fourth-order valence-electron chi connectivity index (χ4n) is 3.75. The lowest BCUT2D eigenvalue weighted by Crippen LogP contribution is -2.43. The van der Waals surface area contributed by atoms with Crippen molar-refractivity contribution >= 4 is 27.3 Å². The summed E-state index contributed by atoms with van der Waals surface area (Å²) in [6.07, 6.45) is 3.99. The fraction of sp³-hybridized carbons (Fsp3) is 0.733. The standard InChI is InChI=1S/C15H24BrN3S/c1-11(17)15(13-5-6-14(16)20-13)19-9-3-8-18-7-2-4-12(18)10-19/h5-6,11-12,15H,2-4,7-10,17H2,1H3. The highest BCUT2D eigenvalue weighted by atomic mass is 79.9. The number of rotatable bonds is 3. The molecule has 3 unspecified atom stereocenters. The van der Waals surface area contributed by atoms with Crippen molar-refractivity contribution in [3.05, 3.63) is 20.8 Å². The van der Waals surface area contributed by atoms with E-state index in [1.54, 1.807) is 0 Å². The molecule has 1 aromatic rings. The molecule has 112 valence electrons. The number of hydrogen-bond acceptors (Lipinski definition) is 4. The summed E-state index contributed by atoms with van der Waals surface area (Å²) in [6, 6.07) is 5.68. The average molecular weight is 358 g/mol. The summed E-state index contributed by atoms with van der Waals surface area (Å²) in [4.78, 5) is 6.72. The van der Waals surface area contributed by atoms with Crippen LogP contribution in [0.2, 0.25) is 0 Å². The molecule has 3 nitrogen and oxygen atoms in total. The third kappa shape index (κ3) is 3.12. The first-order valence-electron chi connectivity index (χ1n) is 7.64. The molecular weight excluding hydrogens is 334 g/mol. The van der Waals surface area contributed by atoms with Crippen molar-refractivity contribution in [2.24, 2.45) is 5.73 Å². The van der Waals surface area contributed by atoms with Gasteiger partial charge in [0.25, 0.3) is 0 Å². The van der Waals surface area contributed by atoms with Crippen LogP contribution in [0.15, 0.2) is 15.9 Å². The van der Waals surface area contributed by atoms with E-state index in [-0.39, 0.29) is 6.04 Å². The number of thiophene rings is 1. The molecule has 2 N–H and O–H groups in total. The minimum Gasteiger partial charge on any atom is -0.326 e. The summed E-state index contributed by atoms with van der Waals surface area (Å²) in [6.45, 7) is 7.07. The van der Waals surface area contributed by atoms with Gasteiger partial charge in [0.2, 0.25) is 0 Å². The number of halogens is 1. The van der Waals surface area contributed by atoms with Crippen LogP contribution in [0, 0.1) is 0 Å². The Bertz CT molecular complexity index is 448. The molecule has 2 saturated heterocycles. The molecule has 0 amide bonds. The maximum absolute atomic E-state index is 6.33. The van der Waals surface area contributed by atoms with E-state index < -0.39 is 0 Å². The molecule has 2 fully saturated rings. The Kier molecular flexibility index (Phi) is 4.82. The molecule has 2 aliphatic rings. The first kappa shape index (κ1) is 15.0. The van der Waals surface area contributed by atoms with Crippen molar-refractivity contribution in [1.29, 1.82) is 0 Å². The molecule has 1 aromatic heterocycles. The first-order valence-corrected chi connectivity index (χ1v) is 9.25. The van der Waals surface area contributed by atoms with Gasteiger partial charge in [0, 0.05) is 30.1 Å². The van der Waals surface area contributed by atoms with Crippen LogP contribution in [0.3, 0.4) is 0 Å². The third-order valence-electron chi connectivity index (χ3n) is 4.61. The van der Waals surface area contributed by atoms with Gasteiger partial charge < -0.3 is 5.73 Å². The SMILES string of the molecule is CC(N)C(c1ccc(Br)s1)N1CCCN2CCCC2C1. The molecule has 3 rings (SSSR count). The molecule has 0 saturated carbocycles.